The van der Waals surface area contributed by atoms with Crippen molar-refractivity contribution in [2.24, 2.45) is 5.73 Å². The summed E-state index contributed by atoms with van der Waals surface area (Å²) in [6.45, 7) is 2.05. The molecular weight excluding hydrogens is 242 g/mol. The van der Waals surface area contributed by atoms with Gasteiger partial charge in [-0.05, 0) is 31.4 Å². The molecule has 1 amide bonds. The maximum absolute atomic E-state index is 11.7. The molecule has 0 aliphatic rings. The van der Waals surface area contributed by atoms with Crippen molar-refractivity contribution in [1.29, 1.82) is 0 Å². The third-order valence-electron chi connectivity index (χ3n) is 2.33. The maximum atomic E-state index is 11.7. The van der Waals surface area contributed by atoms with E-state index in [1.165, 1.54) is 4.90 Å². The number of carboxylic acids is 1. The molecule has 94 valence electrons. The van der Waals surface area contributed by atoms with E-state index in [-0.39, 0.29) is 11.5 Å². The zero-order valence-electron chi connectivity index (χ0n) is 9.77. The predicted molar refractivity (Wildman–Crippen MR) is 65.5 cm³/mol. The van der Waals surface area contributed by atoms with Crippen LogP contribution in [0.5, 0.6) is 0 Å². The maximum Gasteiger partial charge on any atom is 0.340 e. The molecule has 6 nitrogen and oxygen atoms in total. The number of hydrogen-bond donors (Lipinski definition) is 2. The van der Waals surface area contributed by atoms with Gasteiger partial charge in [0.25, 0.3) is 0 Å². The van der Waals surface area contributed by atoms with Gasteiger partial charge in [0.05, 0.1) is 5.69 Å². The van der Waals surface area contributed by atoms with Crippen LogP contribution in [0.25, 0.3) is 0 Å². The van der Waals surface area contributed by atoms with E-state index in [4.69, 9.17) is 10.8 Å². The topological polar surface area (TPSA) is 96.5 Å². The van der Waals surface area contributed by atoms with Crippen LogP contribution in [0, 0.1) is 6.92 Å². The van der Waals surface area contributed by atoms with Gasteiger partial charge in [-0.15, -0.1) is 0 Å². The molecular formula is C10H15N3O3S. The van der Waals surface area contributed by atoms with E-state index in [0.717, 1.165) is 11.5 Å². The lowest BCUT2D eigenvalue weighted by Crippen LogP contribution is -2.27. The number of nitrogens with two attached hydrogens (primary N) is 1. The second-order valence-electron chi connectivity index (χ2n) is 3.60. The summed E-state index contributed by atoms with van der Waals surface area (Å²) >= 11 is 1.02. The fourth-order valence-electron chi connectivity index (χ4n) is 1.37. The smallest absolute Gasteiger partial charge is 0.340 e. The van der Waals surface area contributed by atoms with Crippen LogP contribution in [0.3, 0.4) is 0 Å². The number of hydrogen-bond acceptors (Lipinski definition) is 5. The van der Waals surface area contributed by atoms with E-state index in [2.05, 4.69) is 4.37 Å². The molecule has 17 heavy (non-hydrogen) atoms. The molecule has 1 aromatic heterocycles. The van der Waals surface area contributed by atoms with E-state index in [9.17, 15) is 9.59 Å². The van der Waals surface area contributed by atoms with Crippen molar-refractivity contribution in [3.63, 3.8) is 0 Å². The standard InChI is InChI=1S/C10H15N3O3S/c1-6-8(10(15)16)9(17-12-6)13(2)7(14)4-3-5-11/h3-5,11H2,1-2H3,(H,15,16). The molecule has 7 heteroatoms. The van der Waals surface area contributed by atoms with Crippen LogP contribution < -0.4 is 10.6 Å². The van der Waals surface area contributed by atoms with Gasteiger partial charge in [-0.2, -0.15) is 4.37 Å². The number of rotatable bonds is 5. The Morgan fingerprint density at radius 1 is 1.53 bits per heavy atom. The Kier molecular flexibility index (Phi) is 4.59. The number of anilines is 1. The first kappa shape index (κ1) is 13.6. The molecule has 3 N–H and O–H groups in total. The predicted octanol–water partition coefficient (Wildman–Crippen LogP) is 0.851. The molecule has 1 aromatic rings. The second kappa shape index (κ2) is 5.74. The molecule has 1 rings (SSSR count). The summed E-state index contributed by atoms with van der Waals surface area (Å²) in [6, 6.07) is 0. The first-order valence-electron chi connectivity index (χ1n) is 5.15. The summed E-state index contributed by atoms with van der Waals surface area (Å²) in [5.74, 6) is -1.22. The lowest BCUT2D eigenvalue weighted by Gasteiger charge is -2.15. The van der Waals surface area contributed by atoms with Gasteiger partial charge in [-0.25, -0.2) is 4.79 Å². The second-order valence-corrected chi connectivity index (χ2v) is 4.35. The van der Waals surface area contributed by atoms with Crippen molar-refractivity contribution >= 4 is 28.4 Å². The Morgan fingerprint density at radius 2 is 2.18 bits per heavy atom. The van der Waals surface area contributed by atoms with Gasteiger partial charge >= 0.3 is 5.97 Å². The van der Waals surface area contributed by atoms with Gasteiger partial charge in [0.1, 0.15) is 10.6 Å². The van der Waals surface area contributed by atoms with Crippen LogP contribution in [-0.4, -0.2) is 34.9 Å². The summed E-state index contributed by atoms with van der Waals surface area (Å²) in [5.41, 5.74) is 5.85. The van der Waals surface area contributed by atoms with Crippen LogP contribution in [0.4, 0.5) is 5.00 Å². The Balaban J connectivity index is 2.92. The van der Waals surface area contributed by atoms with Crippen LogP contribution in [-0.2, 0) is 4.79 Å². The summed E-state index contributed by atoms with van der Waals surface area (Å²) in [6.07, 6.45) is 0.895. The van der Waals surface area contributed by atoms with Gasteiger partial charge in [0, 0.05) is 13.5 Å². The molecule has 0 spiro atoms. The lowest BCUT2D eigenvalue weighted by molar-refractivity contribution is -0.118. The van der Waals surface area contributed by atoms with Gasteiger partial charge in [-0.3, -0.25) is 4.79 Å². The SMILES string of the molecule is Cc1nsc(N(C)C(=O)CCCN)c1C(=O)O. The normalized spacial score (nSPS) is 10.3. The van der Waals surface area contributed by atoms with E-state index >= 15 is 0 Å². The zero-order chi connectivity index (χ0) is 13.0. The Morgan fingerprint density at radius 3 is 2.71 bits per heavy atom. The van der Waals surface area contributed by atoms with Crippen LogP contribution in [0.1, 0.15) is 28.9 Å². The van der Waals surface area contributed by atoms with Crippen LogP contribution >= 0.6 is 11.5 Å². The lowest BCUT2D eigenvalue weighted by atomic mass is 10.2. The van der Waals surface area contributed by atoms with Gasteiger partial charge in [-0.1, -0.05) is 0 Å². The molecule has 0 unspecified atom stereocenters. The van der Waals surface area contributed by atoms with Crippen molar-refractivity contribution in [2.75, 3.05) is 18.5 Å². The first-order chi connectivity index (χ1) is 7.99. The minimum Gasteiger partial charge on any atom is -0.478 e. The largest absolute Gasteiger partial charge is 0.478 e. The van der Waals surface area contributed by atoms with Crippen molar-refractivity contribution < 1.29 is 14.7 Å². The molecule has 0 bridgehead atoms. The first-order valence-corrected chi connectivity index (χ1v) is 5.92. The average Bonchev–Trinajstić information content (AvgIpc) is 2.66. The summed E-state index contributed by atoms with van der Waals surface area (Å²) in [4.78, 5) is 24.1. The van der Waals surface area contributed by atoms with Crippen LogP contribution in [0.15, 0.2) is 0 Å². The van der Waals surface area contributed by atoms with E-state index in [1.54, 1.807) is 14.0 Å². The summed E-state index contributed by atoms with van der Waals surface area (Å²) in [7, 11) is 1.55. The van der Waals surface area contributed by atoms with Crippen LogP contribution in [0.2, 0.25) is 0 Å². The molecule has 0 aliphatic carbocycles. The highest BCUT2D eigenvalue weighted by atomic mass is 32.1. The highest BCUT2D eigenvalue weighted by Crippen LogP contribution is 2.28. The zero-order valence-corrected chi connectivity index (χ0v) is 10.6. The average molecular weight is 257 g/mol. The Bertz CT molecular complexity index is 430. The third kappa shape index (κ3) is 3.01. The van der Waals surface area contributed by atoms with E-state index < -0.39 is 5.97 Å². The van der Waals surface area contributed by atoms with Crippen molar-refractivity contribution in [3.05, 3.63) is 11.3 Å². The fraction of sp³-hybridized carbons (Fsp3) is 0.500. The highest BCUT2D eigenvalue weighted by Gasteiger charge is 2.23. The van der Waals surface area contributed by atoms with Gasteiger partial charge in [0.2, 0.25) is 5.91 Å². The molecule has 0 aromatic carbocycles. The number of aryl methyl sites for hydroxylation is 1. The van der Waals surface area contributed by atoms with Crippen molar-refractivity contribution in [3.8, 4) is 0 Å². The molecule has 1 heterocycles. The van der Waals surface area contributed by atoms with Gasteiger partial charge in [0.15, 0.2) is 0 Å². The quantitative estimate of drug-likeness (QED) is 0.815. The fourth-order valence-corrected chi connectivity index (χ4v) is 2.23. The minimum atomic E-state index is -1.07. The monoisotopic (exact) mass is 257 g/mol. The Hall–Kier alpha value is -1.47. The third-order valence-corrected chi connectivity index (χ3v) is 3.35. The summed E-state index contributed by atoms with van der Waals surface area (Å²) < 4.78 is 3.96. The summed E-state index contributed by atoms with van der Waals surface area (Å²) in [5, 5.41) is 9.42. The molecule has 0 radical (unpaired) electrons. The number of amides is 1. The van der Waals surface area contributed by atoms with E-state index in [1.807, 2.05) is 0 Å². The molecule has 0 saturated carbocycles. The number of aromatic carboxylic acids is 1. The van der Waals surface area contributed by atoms with Crippen molar-refractivity contribution in [2.45, 2.75) is 19.8 Å². The highest BCUT2D eigenvalue weighted by molar-refractivity contribution is 7.11. The molecule has 0 fully saturated rings. The van der Waals surface area contributed by atoms with Crippen molar-refractivity contribution in [1.82, 2.24) is 4.37 Å². The number of carbonyl (C=O) groups is 2. The van der Waals surface area contributed by atoms with E-state index in [0.29, 0.717) is 30.1 Å². The Labute approximate surface area is 103 Å². The minimum absolute atomic E-state index is 0.0959. The molecule has 0 atom stereocenters. The number of aromatic nitrogens is 1. The molecule has 0 saturated heterocycles. The number of carboxylic acid groups (broad SMARTS) is 1. The molecule has 0 aliphatic heterocycles. The number of carbonyl (C=O) groups excluding carboxylic acids is 1. The van der Waals surface area contributed by atoms with Gasteiger partial charge < -0.3 is 15.7 Å². The number of nitrogens with zero attached hydrogens (tertiary/aromatic N) is 2.